The van der Waals surface area contributed by atoms with Crippen LogP contribution in [0.3, 0.4) is 0 Å². The van der Waals surface area contributed by atoms with Crippen molar-refractivity contribution >= 4 is 59.2 Å². The van der Waals surface area contributed by atoms with Crippen LogP contribution in [0.5, 0.6) is 0 Å². The topological polar surface area (TPSA) is 46.2 Å². The van der Waals surface area contributed by atoms with Gasteiger partial charge in [0, 0.05) is 14.0 Å². The molecule has 0 fully saturated rings. The molecule has 0 saturated heterocycles. The molecule has 0 spiro atoms. The maximum Gasteiger partial charge on any atom is 0.263 e. The summed E-state index contributed by atoms with van der Waals surface area (Å²) in [6, 6.07) is 8.21. The predicted molar refractivity (Wildman–Crippen MR) is 84.1 cm³/mol. The van der Waals surface area contributed by atoms with E-state index in [4.69, 9.17) is 11.6 Å². The molecule has 0 aliphatic rings. The van der Waals surface area contributed by atoms with Gasteiger partial charge in [0.2, 0.25) is 0 Å². The van der Waals surface area contributed by atoms with Crippen molar-refractivity contribution in [3.63, 3.8) is 0 Å². The zero-order chi connectivity index (χ0) is 14.9. The average molecular weight is 444 g/mol. The fourth-order valence-electron chi connectivity index (χ4n) is 1.47. The zero-order valence-electron chi connectivity index (χ0n) is 9.70. The Kier molecular flexibility index (Phi) is 4.73. The highest BCUT2D eigenvalue weighted by molar-refractivity contribution is 9.11. The average Bonchev–Trinajstić information content (AvgIpc) is 2.33. The monoisotopic (exact) mass is 441 g/mol. The van der Waals surface area contributed by atoms with E-state index in [2.05, 4.69) is 36.6 Å². The summed E-state index contributed by atoms with van der Waals surface area (Å²) >= 11 is 12.1. The van der Waals surface area contributed by atoms with Gasteiger partial charge in [0.05, 0.1) is 5.69 Å². The van der Waals surface area contributed by atoms with E-state index in [0.717, 1.165) is 10.5 Å². The lowest BCUT2D eigenvalue weighted by atomic mass is 10.3. The second-order valence-corrected chi connectivity index (χ2v) is 7.66. The molecule has 0 radical (unpaired) electrons. The Hall–Kier alpha value is -0.630. The summed E-state index contributed by atoms with van der Waals surface area (Å²) in [6.07, 6.45) is 0. The van der Waals surface area contributed by atoms with Crippen LogP contribution in [-0.2, 0) is 10.0 Å². The smallest absolute Gasteiger partial charge is 0.263 e. The van der Waals surface area contributed by atoms with Crippen LogP contribution in [0, 0.1) is 5.82 Å². The summed E-state index contributed by atoms with van der Waals surface area (Å²) in [4.78, 5) is 0.0000699. The highest BCUT2D eigenvalue weighted by Crippen LogP contribution is 2.28. The van der Waals surface area contributed by atoms with E-state index in [1.807, 2.05) is 0 Å². The molecule has 2 rings (SSSR count). The van der Waals surface area contributed by atoms with E-state index < -0.39 is 15.8 Å². The maximum absolute atomic E-state index is 13.6. The largest absolute Gasteiger partial charge is 0.277 e. The normalized spacial score (nSPS) is 11.4. The molecule has 0 aliphatic carbocycles. The number of sulfonamides is 1. The molecular formula is C12H7Br2ClFNO2S. The number of anilines is 1. The Bertz CT molecular complexity index is 768. The van der Waals surface area contributed by atoms with Crippen molar-refractivity contribution in [2.45, 2.75) is 4.90 Å². The Balaban J connectivity index is 2.43. The third-order valence-corrected chi connectivity index (χ3v) is 5.43. The summed E-state index contributed by atoms with van der Waals surface area (Å²) < 4.78 is 41.3. The van der Waals surface area contributed by atoms with Gasteiger partial charge in [-0.1, -0.05) is 27.5 Å². The molecule has 0 saturated carbocycles. The third kappa shape index (κ3) is 3.52. The van der Waals surface area contributed by atoms with Crippen LogP contribution >= 0.6 is 43.5 Å². The fraction of sp³-hybridized carbons (Fsp3) is 0. The SMILES string of the molecule is O=S(=O)(Nc1cc(Cl)ccc1F)c1ccc(Br)cc1Br. The van der Waals surface area contributed by atoms with Crippen LogP contribution in [0.2, 0.25) is 5.02 Å². The number of hydrogen-bond donors (Lipinski definition) is 1. The van der Waals surface area contributed by atoms with Crippen LogP contribution in [0.15, 0.2) is 50.2 Å². The number of rotatable bonds is 3. The van der Waals surface area contributed by atoms with Crippen LogP contribution in [-0.4, -0.2) is 8.42 Å². The molecule has 0 amide bonds. The summed E-state index contributed by atoms with van der Waals surface area (Å²) in [5.41, 5.74) is -0.202. The van der Waals surface area contributed by atoms with Crippen molar-refractivity contribution < 1.29 is 12.8 Å². The third-order valence-electron chi connectivity index (χ3n) is 2.36. The van der Waals surface area contributed by atoms with Crippen LogP contribution < -0.4 is 4.72 Å². The van der Waals surface area contributed by atoms with Crippen LogP contribution in [0.1, 0.15) is 0 Å². The molecule has 8 heteroatoms. The second kappa shape index (κ2) is 6.01. The number of hydrogen-bond acceptors (Lipinski definition) is 2. The molecular weight excluding hydrogens is 436 g/mol. The summed E-state index contributed by atoms with van der Waals surface area (Å²) in [5, 5.41) is 0.235. The molecule has 0 atom stereocenters. The molecule has 0 unspecified atom stereocenters. The van der Waals surface area contributed by atoms with E-state index in [9.17, 15) is 12.8 Å². The molecule has 106 valence electrons. The molecule has 0 aromatic heterocycles. The van der Waals surface area contributed by atoms with Crippen molar-refractivity contribution in [2.24, 2.45) is 0 Å². The minimum atomic E-state index is -3.92. The van der Waals surface area contributed by atoms with E-state index in [1.54, 1.807) is 12.1 Å². The van der Waals surface area contributed by atoms with E-state index in [-0.39, 0.29) is 15.6 Å². The first-order valence-electron chi connectivity index (χ1n) is 5.22. The van der Waals surface area contributed by atoms with Gasteiger partial charge in [0.25, 0.3) is 10.0 Å². The Morgan fingerprint density at radius 1 is 1.10 bits per heavy atom. The molecule has 2 aromatic rings. The summed E-state index contributed by atoms with van der Waals surface area (Å²) in [6.45, 7) is 0. The quantitative estimate of drug-likeness (QED) is 0.741. The molecule has 3 nitrogen and oxygen atoms in total. The molecule has 0 aliphatic heterocycles. The van der Waals surface area contributed by atoms with Crippen molar-refractivity contribution in [1.82, 2.24) is 0 Å². The standard InChI is InChI=1S/C12H7Br2ClFNO2S/c13-7-1-4-12(9(14)5-7)20(18,19)17-11-6-8(15)2-3-10(11)16/h1-6,17H. The summed E-state index contributed by atoms with van der Waals surface area (Å²) in [5.74, 6) is -0.703. The van der Waals surface area contributed by atoms with Gasteiger partial charge in [-0.15, -0.1) is 0 Å². The Morgan fingerprint density at radius 2 is 1.80 bits per heavy atom. The van der Waals surface area contributed by atoms with Crippen LogP contribution in [0.25, 0.3) is 0 Å². The second-order valence-electron chi connectivity index (χ2n) is 3.80. The molecule has 0 heterocycles. The van der Waals surface area contributed by atoms with Crippen molar-refractivity contribution in [3.05, 3.63) is 56.2 Å². The molecule has 0 bridgehead atoms. The first-order valence-corrected chi connectivity index (χ1v) is 8.67. The van der Waals surface area contributed by atoms with Gasteiger partial charge in [0.1, 0.15) is 10.7 Å². The number of nitrogens with one attached hydrogen (secondary N) is 1. The first kappa shape index (κ1) is 15.8. The number of benzene rings is 2. The lowest BCUT2D eigenvalue weighted by Gasteiger charge is -2.11. The minimum Gasteiger partial charge on any atom is -0.277 e. The van der Waals surface area contributed by atoms with Crippen molar-refractivity contribution in [2.75, 3.05) is 4.72 Å². The van der Waals surface area contributed by atoms with Gasteiger partial charge in [-0.05, 0) is 52.3 Å². The molecule has 1 N–H and O–H groups in total. The van der Waals surface area contributed by atoms with E-state index in [1.165, 1.54) is 18.2 Å². The van der Waals surface area contributed by atoms with Gasteiger partial charge in [0.15, 0.2) is 0 Å². The zero-order valence-corrected chi connectivity index (χ0v) is 14.4. The maximum atomic E-state index is 13.6. The molecule has 2 aromatic carbocycles. The predicted octanol–water partition coefficient (Wildman–Crippen LogP) is 4.80. The summed E-state index contributed by atoms with van der Waals surface area (Å²) in [7, 11) is -3.92. The lowest BCUT2D eigenvalue weighted by Crippen LogP contribution is -2.14. The minimum absolute atomic E-state index is 0.0000699. The van der Waals surface area contributed by atoms with Gasteiger partial charge >= 0.3 is 0 Å². The van der Waals surface area contributed by atoms with Crippen LogP contribution in [0.4, 0.5) is 10.1 Å². The van der Waals surface area contributed by atoms with Gasteiger partial charge in [-0.3, -0.25) is 4.72 Å². The molecule has 20 heavy (non-hydrogen) atoms. The fourth-order valence-corrected chi connectivity index (χ4v) is 4.45. The Morgan fingerprint density at radius 3 is 2.45 bits per heavy atom. The van der Waals surface area contributed by atoms with Crippen molar-refractivity contribution in [1.29, 1.82) is 0 Å². The van der Waals surface area contributed by atoms with E-state index in [0.29, 0.717) is 4.47 Å². The first-order chi connectivity index (χ1) is 9.29. The lowest BCUT2D eigenvalue weighted by molar-refractivity contribution is 0.598. The number of halogens is 4. The van der Waals surface area contributed by atoms with Gasteiger partial charge < -0.3 is 0 Å². The highest BCUT2D eigenvalue weighted by atomic mass is 79.9. The highest BCUT2D eigenvalue weighted by Gasteiger charge is 2.19. The van der Waals surface area contributed by atoms with Gasteiger partial charge in [-0.2, -0.15) is 0 Å². The van der Waals surface area contributed by atoms with E-state index >= 15 is 0 Å². The Labute approximate surface area is 137 Å². The van der Waals surface area contributed by atoms with Crippen molar-refractivity contribution in [3.8, 4) is 0 Å². The van der Waals surface area contributed by atoms with Gasteiger partial charge in [-0.25, -0.2) is 12.8 Å².